The lowest BCUT2D eigenvalue weighted by molar-refractivity contribution is -0.159. The molecule has 22 heavy (non-hydrogen) atoms. The summed E-state index contributed by atoms with van der Waals surface area (Å²) < 4.78 is 6.64. The van der Waals surface area contributed by atoms with E-state index in [0.29, 0.717) is 11.6 Å². The maximum Gasteiger partial charge on any atom is 0.414 e. The minimum atomic E-state index is -1.82. The molecule has 0 saturated carbocycles. The van der Waals surface area contributed by atoms with Crippen molar-refractivity contribution in [1.29, 1.82) is 0 Å². The van der Waals surface area contributed by atoms with E-state index in [-0.39, 0.29) is 0 Å². The first-order chi connectivity index (χ1) is 10.4. The number of hydrogen-bond acceptors (Lipinski definition) is 4. The van der Waals surface area contributed by atoms with Crippen LogP contribution < -0.4 is 4.74 Å². The average molecular weight is 395 g/mol. The zero-order chi connectivity index (χ0) is 16.5. The summed E-state index contributed by atoms with van der Waals surface area (Å²) in [5.41, 5.74) is 0. The molecular formula is C14H17BrClNO5. The van der Waals surface area contributed by atoms with E-state index < -0.39 is 11.9 Å². The quantitative estimate of drug-likeness (QED) is 0.764. The smallest absolute Gasteiger partial charge is 0.414 e. The van der Waals surface area contributed by atoms with Crippen LogP contribution >= 0.6 is 27.5 Å². The Morgan fingerprint density at radius 3 is 2.32 bits per heavy atom. The molecule has 1 aliphatic rings. The van der Waals surface area contributed by atoms with Crippen molar-refractivity contribution < 1.29 is 24.5 Å². The van der Waals surface area contributed by atoms with Crippen LogP contribution in [0.25, 0.3) is 0 Å². The number of benzene rings is 1. The van der Waals surface area contributed by atoms with Gasteiger partial charge >= 0.3 is 11.9 Å². The Labute approximate surface area is 141 Å². The molecule has 1 fully saturated rings. The van der Waals surface area contributed by atoms with Crippen LogP contribution in [-0.2, 0) is 9.59 Å². The first kappa shape index (κ1) is 18.7. The molecule has 1 heterocycles. The maximum absolute atomic E-state index is 9.10. The molecule has 2 rings (SSSR count). The predicted octanol–water partition coefficient (Wildman–Crippen LogP) is 2.73. The molecular weight excluding hydrogens is 378 g/mol. The van der Waals surface area contributed by atoms with Gasteiger partial charge in [-0.2, -0.15) is 0 Å². The van der Waals surface area contributed by atoms with Crippen LogP contribution in [0.15, 0.2) is 22.7 Å². The summed E-state index contributed by atoms with van der Waals surface area (Å²) in [5, 5.41) is 15.4. The van der Waals surface area contributed by atoms with Crippen molar-refractivity contribution in [2.24, 2.45) is 0 Å². The number of likely N-dealkylation sites (tertiary alicyclic amines) is 1. The van der Waals surface area contributed by atoms with Gasteiger partial charge in [-0.25, -0.2) is 9.59 Å². The van der Waals surface area contributed by atoms with Crippen LogP contribution in [0, 0.1) is 0 Å². The molecule has 0 amide bonds. The van der Waals surface area contributed by atoms with Gasteiger partial charge in [0.2, 0.25) is 0 Å². The van der Waals surface area contributed by atoms with Crippen molar-refractivity contribution in [2.45, 2.75) is 12.8 Å². The summed E-state index contributed by atoms with van der Waals surface area (Å²) in [6.45, 7) is 4.11. The second-order valence-corrected chi connectivity index (χ2v) is 5.91. The van der Waals surface area contributed by atoms with Crippen LogP contribution in [0.2, 0.25) is 5.02 Å². The molecule has 0 unspecified atom stereocenters. The molecule has 122 valence electrons. The molecule has 0 spiro atoms. The normalized spacial score (nSPS) is 14.1. The average Bonchev–Trinajstić information content (AvgIpc) is 2.95. The third-order valence-electron chi connectivity index (χ3n) is 2.94. The van der Waals surface area contributed by atoms with Crippen LogP contribution in [0.1, 0.15) is 12.8 Å². The van der Waals surface area contributed by atoms with Gasteiger partial charge < -0.3 is 14.9 Å². The Morgan fingerprint density at radius 2 is 1.82 bits per heavy atom. The first-order valence-corrected chi connectivity index (χ1v) is 7.83. The lowest BCUT2D eigenvalue weighted by atomic mass is 10.3. The van der Waals surface area contributed by atoms with Gasteiger partial charge in [0.05, 0.1) is 5.02 Å². The van der Waals surface area contributed by atoms with E-state index in [9.17, 15) is 0 Å². The Bertz CT molecular complexity index is 508. The molecule has 1 aliphatic heterocycles. The van der Waals surface area contributed by atoms with Crippen molar-refractivity contribution in [3.63, 3.8) is 0 Å². The number of carboxylic acids is 2. The first-order valence-electron chi connectivity index (χ1n) is 6.66. The molecule has 0 aromatic heterocycles. The molecule has 8 heteroatoms. The molecule has 0 atom stereocenters. The zero-order valence-corrected chi connectivity index (χ0v) is 14.1. The number of aliphatic carboxylic acids is 2. The fourth-order valence-electron chi connectivity index (χ4n) is 1.88. The van der Waals surface area contributed by atoms with Gasteiger partial charge in [-0.3, -0.25) is 4.90 Å². The Hall–Kier alpha value is -1.31. The highest BCUT2D eigenvalue weighted by molar-refractivity contribution is 9.10. The minimum Gasteiger partial charge on any atom is -0.491 e. The van der Waals surface area contributed by atoms with Gasteiger partial charge in [-0.1, -0.05) is 27.5 Å². The van der Waals surface area contributed by atoms with Gasteiger partial charge in [-0.05, 0) is 44.1 Å². The fraction of sp³-hybridized carbons (Fsp3) is 0.429. The van der Waals surface area contributed by atoms with Gasteiger partial charge in [0, 0.05) is 11.0 Å². The monoisotopic (exact) mass is 393 g/mol. The number of nitrogens with zero attached hydrogens (tertiary/aromatic N) is 1. The van der Waals surface area contributed by atoms with Crippen molar-refractivity contribution in [1.82, 2.24) is 4.90 Å². The molecule has 6 nitrogen and oxygen atoms in total. The highest BCUT2D eigenvalue weighted by Gasteiger charge is 2.11. The summed E-state index contributed by atoms with van der Waals surface area (Å²) in [6.07, 6.45) is 2.64. The van der Waals surface area contributed by atoms with Crippen LogP contribution in [-0.4, -0.2) is 53.3 Å². The lowest BCUT2D eigenvalue weighted by Crippen LogP contribution is -2.25. The third-order valence-corrected chi connectivity index (χ3v) is 3.73. The molecule has 0 radical (unpaired) electrons. The zero-order valence-electron chi connectivity index (χ0n) is 11.8. The molecule has 1 saturated heterocycles. The van der Waals surface area contributed by atoms with Gasteiger partial charge in [0.25, 0.3) is 0 Å². The van der Waals surface area contributed by atoms with Gasteiger partial charge in [0.15, 0.2) is 0 Å². The van der Waals surface area contributed by atoms with E-state index in [1.807, 2.05) is 18.2 Å². The molecule has 1 aromatic carbocycles. The molecule has 0 bridgehead atoms. The van der Waals surface area contributed by atoms with Crippen LogP contribution in [0.5, 0.6) is 5.75 Å². The largest absolute Gasteiger partial charge is 0.491 e. The SMILES string of the molecule is Clc1cc(Br)ccc1OCCN1CCCC1.O=C(O)C(=O)O. The molecule has 2 N–H and O–H groups in total. The number of halogens is 2. The minimum absolute atomic E-state index is 0.663. The number of carbonyl (C=O) groups is 2. The van der Waals surface area contributed by atoms with Crippen molar-refractivity contribution in [3.05, 3.63) is 27.7 Å². The number of carboxylic acid groups (broad SMARTS) is 2. The third kappa shape index (κ3) is 7.11. The number of ether oxygens (including phenoxy) is 1. The van der Waals surface area contributed by atoms with E-state index >= 15 is 0 Å². The summed E-state index contributed by atoms with van der Waals surface area (Å²) in [6, 6.07) is 5.69. The van der Waals surface area contributed by atoms with Gasteiger partial charge in [0.1, 0.15) is 12.4 Å². The number of rotatable bonds is 4. The molecule has 1 aromatic rings. The second-order valence-electron chi connectivity index (χ2n) is 4.58. The van der Waals surface area contributed by atoms with Crippen molar-refractivity contribution >= 4 is 39.5 Å². The summed E-state index contributed by atoms with van der Waals surface area (Å²) in [4.78, 5) is 20.6. The van der Waals surface area contributed by atoms with Crippen LogP contribution in [0.3, 0.4) is 0 Å². The van der Waals surface area contributed by atoms with E-state index in [1.165, 1.54) is 25.9 Å². The maximum atomic E-state index is 9.10. The topological polar surface area (TPSA) is 87.1 Å². The van der Waals surface area contributed by atoms with Crippen molar-refractivity contribution in [3.8, 4) is 5.75 Å². The van der Waals surface area contributed by atoms with E-state index in [1.54, 1.807) is 0 Å². The van der Waals surface area contributed by atoms with E-state index in [2.05, 4.69) is 20.8 Å². The Kier molecular flexibility index (Phi) is 8.22. The summed E-state index contributed by atoms with van der Waals surface area (Å²) >= 11 is 9.43. The van der Waals surface area contributed by atoms with E-state index in [4.69, 9.17) is 36.1 Å². The van der Waals surface area contributed by atoms with Crippen LogP contribution in [0.4, 0.5) is 0 Å². The van der Waals surface area contributed by atoms with E-state index in [0.717, 1.165) is 16.8 Å². The summed E-state index contributed by atoms with van der Waals surface area (Å²) in [5.74, 6) is -2.88. The fourth-order valence-corrected chi connectivity index (χ4v) is 2.61. The Balaban J connectivity index is 0.000000346. The predicted molar refractivity (Wildman–Crippen MR) is 85.6 cm³/mol. The Morgan fingerprint density at radius 1 is 1.23 bits per heavy atom. The van der Waals surface area contributed by atoms with Crippen molar-refractivity contribution in [2.75, 3.05) is 26.2 Å². The highest BCUT2D eigenvalue weighted by Crippen LogP contribution is 2.27. The van der Waals surface area contributed by atoms with Gasteiger partial charge in [-0.15, -0.1) is 0 Å². The standard InChI is InChI=1S/C12H15BrClNO.C2H2O4/c13-10-3-4-12(11(14)9-10)16-8-7-15-5-1-2-6-15;3-1(4)2(5)6/h3-4,9H,1-2,5-8H2;(H,3,4)(H,5,6). The highest BCUT2D eigenvalue weighted by atomic mass is 79.9. The second kappa shape index (κ2) is 9.66. The lowest BCUT2D eigenvalue weighted by Gasteiger charge is -2.15. The molecule has 0 aliphatic carbocycles. The number of hydrogen-bond donors (Lipinski definition) is 2. The summed E-state index contributed by atoms with van der Waals surface area (Å²) in [7, 11) is 0.